The number of aromatic nitrogens is 1. The Kier molecular flexibility index (Phi) is 6.14. The van der Waals surface area contributed by atoms with Crippen molar-refractivity contribution >= 4 is 17.5 Å². The van der Waals surface area contributed by atoms with Crippen LogP contribution < -0.4 is 10.1 Å². The number of halogens is 1. The largest absolute Gasteiger partial charge is 0.486 e. The highest BCUT2D eigenvalue weighted by atomic mass is 35.5. The first-order valence-corrected chi connectivity index (χ1v) is 10.4. The fourth-order valence-electron chi connectivity index (χ4n) is 3.25. The van der Waals surface area contributed by atoms with Crippen LogP contribution in [0.25, 0.3) is 5.69 Å². The number of benzene rings is 2. The molecule has 0 saturated carbocycles. The van der Waals surface area contributed by atoms with Crippen molar-refractivity contribution in [1.82, 2.24) is 9.88 Å². The van der Waals surface area contributed by atoms with Gasteiger partial charge in [-0.25, -0.2) is 0 Å². The Bertz CT molecular complexity index is 1180. The second-order valence-electron chi connectivity index (χ2n) is 7.35. The van der Waals surface area contributed by atoms with Gasteiger partial charge in [0.1, 0.15) is 18.1 Å². The molecule has 2 heterocycles. The zero-order valence-corrected chi connectivity index (χ0v) is 18.1. The third-order valence-electron chi connectivity index (χ3n) is 5.02. The molecule has 2 aromatic heterocycles. The molecule has 4 rings (SSSR count). The molecule has 1 unspecified atom stereocenters. The van der Waals surface area contributed by atoms with E-state index in [1.165, 1.54) is 0 Å². The Morgan fingerprint density at radius 1 is 1.10 bits per heavy atom. The van der Waals surface area contributed by atoms with Gasteiger partial charge < -0.3 is 19.0 Å². The lowest BCUT2D eigenvalue weighted by Gasteiger charge is -2.15. The van der Waals surface area contributed by atoms with Crippen molar-refractivity contribution in [3.05, 3.63) is 107 Å². The fourth-order valence-corrected chi connectivity index (χ4v) is 3.37. The molecule has 1 atom stereocenters. The SMILES string of the molecule is Cc1cc(OCc2ccc(C(=O)NC(C)c3cccc(-n4cccc4)c3)o2)ccc1Cl. The van der Waals surface area contributed by atoms with Gasteiger partial charge in [-0.3, -0.25) is 4.79 Å². The maximum atomic E-state index is 12.6. The molecule has 2 aromatic carbocycles. The lowest BCUT2D eigenvalue weighted by molar-refractivity contribution is 0.0907. The molecule has 0 aliphatic heterocycles. The minimum absolute atomic E-state index is 0.176. The number of aryl methyl sites for hydroxylation is 1. The molecule has 0 saturated heterocycles. The number of hydrogen-bond acceptors (Lipinski definition) is 3. The number of amides is 1. The molecule has 4 aromatic rings. The summed E-state index contributed by atoms with van der Waals surface area (Å²) in [7, 11) is 0. The quantitative estimate of drug-likeness (QED) is 0.382. The first-order valence-electron chi connectivity index (χ1n) is 10.0. The monoisotopic (exact) mass is 434 g/mol. The topological polar surface area (TPSA) is 56.4 Å². The van der Waals surface area contributed by atoms with Gasteiger partial charge in [0.2, 0.25) is 0 Å². The Hall–Kier alpha value is -3.44. The van der Waals surface area contributed by atoms with E-state index < -0.39 is 0 Å². The Morgan fingerprint density at radius 2 is 1.90 bits per heavy atom. The van der Waals surface area contributed by atoms with Gasteiger partial charge in [0.05, 0.1) is 6.04 Å². The summed E-state index contributed by atoms with van der Waals surface area (Å²) in [6.45, 7) is 4.09. The van der Waals surface area contributed by atoms with Crippen LogP contribution in [0.15, 0.2) is 83.5 Å². The molecule has 1 amide bonds. The maximum Gasteiger partial charge on any atom is 0.287 e. The van der Waals surface area contributed by atoms with Crippen molar-refractivity contribution in [2.45, 2.75) is 26.5 Å². The second kappa shape index (κ2) is 9.14. The van der Waals surface area contributed by atoms with Gasteiger partial charge in [-0.2, -0.15) is 0 Å². The van der Waals surface area contributed by atoms with Crippen LogP contribution in [0.5, 0.6) is 5.75 Å². The van der Waals surface area contributed by atoms with Crippen molar-refractivity contribution in [1.29, 1.82) is 0 Å². The number of carbonyl (C=O) groups is 1. The third-order valence-corrected chi connectivity index (χ3v) is 5.44. The third kappa shape index (κ3) is 5.01. The number of rotatable bonds is 7. The van der Waals surface area contributed by atoms with Crippen LogP contribution in [-0.2, 0) is 6.61 Å². The smallest absolute Gasteiger partial charge is 0.287 e. The maximum absolute atomic E-state index is 12.6. The lowest BCUT2D eigenvalue weighted by atomic mass is 10.1. The molecular formula is C25H23ClN2O3. The molecule has 0 spiro atoms. The average molecular weight is 435 g/mol. The van der Waals surface area contributed by atoms with Crippen LogP contribution >= 0.6 is 11.6 Å². The first-order chi connectivity index (χ1) is 15.0. The van der Waals surface area contributed by atoms with Crippen LogP contribution in [-0.4, -0.2) is 10.5 Å². The molecule has 0 bridgehead atoms. The number of nitrogens with zero attached hydrogens (tertiary/aromatic N) is 1. The summed E-state index contributed by atoms with van der Waals surface area (Å²) in [6.07, 6.45) is 3.97. The van der Waals surface area contributed by atoms with Crippen LogP contribution in [0.3, 0.4) is 0 Å². The zero-order valence-electron chi connectivity index (χ0n) is 17.3. The van der Waals surface area contributed by atoms with E-state index in [2.05, 4.69) is 11.4 Å². The molecule has 0 aliphatic rings. The summed E-state index contributed by atoms with van der Waals surface area (Å²) < 4.78 is 13.4. The summed E-state index contributed by atoms with van der Waals surface area (Å²) in [4.78, 5) is 12.6. The van der Waals surface area contributed by atoms with E-state index in [1.54, 1.807) is 24.3 Å². The molecule has 158 valence electrons. The van der Waals surface area contributed by atoms with Gasteiger partial charge in [0.25, 0.3) is 5.91 Å². The molecule has 0 radical (unpaired) electrons. The summed E-state index contributed by atoms with van der Waals surface area (Å²) in [5, 5.41) is 3.68. The van der Waals surface area contributed by atoms with E-state index in [0.717, 1.165) is 16.8 Å². The molecular weight excluding hydrogens is 412 g/mol. The van der Waals surface area contributed by atoms with Crippen molar-refractivity contribution < 1.29 is 13.9 Å². The van der Waals surface area contributed by atoms with Gasteiger partial charge >= 0.3 is 0 Å². The summed E-state index contributed by atoms with van der Waals surface area (Å²) in [5.41, 5.74) is 2.99. The van der Waals surface area contributed by atoms with Crippen LogP contribution in [0, 0.1) is 6.92 Å². The predicted octanol–water partition coefficient (Wildman–Crippen LogP) is 6.10. The molecule has 0 aliphatic carbocycles. The summed E-state index contributed by atoms with van der Waals surface area (Å²) >= 11 is 6.04. The van der Waals surface area contributed by atoms with E-state index in [1.807, 2.05) is 67.2 Å². The Labute approximate surface area is 186 Å². The first kappa shape index (κ1) is 20.8. The second-order valence-corrected chi connectivity index (χ2v) is 7.75. The standard InChI is InChI=1S/C25H23ClN2O3/c1-17-14-21(8-10-23(17)26)30-16-22-9-11-24(31-22)25(29)27-18(2)19-6-5-7-20(15-19)28-12-3-4-13-28/h3-15,18H,16H2,1-2H3,(H,27,29). The van der Waals surface area contributed by atoms with E-state index in [4.69, 9.17) is 20.8 Å². The number of furan rings is 1. The molecule has 5 nitrogen and oxygen atoms in total. The van der Waals surface area contributed by atoms with E-state index in [-0.39, 0.29) is 24.3 Å². The molecule has 6 heteroatoms. The van der Waals surface area contributed by atoms with Crippen molar-refractivity contribution in [3.8, 4) is 11.4 Å². The summed E-state index contributed by atoms with van der Waals surface area (Å²) in [6, 6.07) is 20.7. The highest BCUT2D eigenvalue weighted by Crippen LogP contribution is 2.22. The van der Waals surface area contributed by atoms with Crippen LogP contribution in [0.2, 0.25) is 5.02 Å². The van der Waals surface area contributed by atoms with Crippen molar-refractivity contribution in [3.63, 3.8) is 0 Å². The van der Waals surface area contributed by atoms with Crippen molar-refractivity contribution in [2.24, 2.45) is 0 Å². The molecule has 31 heavy (non-hydrogen) atoms. The number of carbonyl (C=O) groups excluding carboxylic acids is 1. The molecule has 1 N–H and O–H groups in total. The van der Waals surface area contributed by atoms with Gasteiger partial charge in [0, 0.05) is 23.1 Å². The summed E-state index contributed by atoms with van der Waals surface area (Å²) in [5.74, 6) is 1.24. The highest BCUT2D eigenvalue weighted by Gasteiger charge is 2.16. The van der Waals surface area contributed by atoms with Crippen LogP contribution in [0.4, 0.5) is 0 Å². The lowest BCUT2D eigenvalue weighted by Crippen LogP contribution is -2.26. The predicted molar refractivity (Wildman–Crippen MR) is 121 cm³/mol. The number of hydrogen-bond donors (Lipinski definition) is 1. The minimum atomic E-state index is -0.271. The average Bonchev–Trinajstić information content (AvgIpc) is 3.47. The normalized spacial score (nSPS) is 11.8. The highest BCUT2D eigenvalue weighted by molar-refractivity contribution is 6.31. The van der Waals surface area contributed by atoms with Gasteiger partial charge in [-0.15, -0.1) is 0 Å². The Morgan fingerprint density at radius 3 is 2.68 bits per heavy atom. The van der Waals surface area contributed by atoms with E-state index >= 15 is 0 Å². The Balaban J connectivity index is 1.37. The van der Waals surface area contributed by atoms with Gasteiger partial charge in [-0.05, 0) is 79.6 Å². The van der Waals surface area contributed by atoms with Gasteiger partial charge in [0.15, 0.2) is 5.76 Å². The van der Waals surface area contributed by atoms with E-state index in [9.17, 15) is 4.79 Å². The zero-order chi connectivity index (χ0) is 21.8. The number of ether oxygens (including phenoxy) is 1. The van der Waals surface area contributed by atoms with Gasteiger partial charge in [-0.1, -0.05) is 23.7 Å². The van der Waals surface area contributed by atoms with E-state index in [0.29, 0.717) is 16.5 Å². The van der Waals surface area contributed by atoms with Crippen molar-refractivity contribution in [2.75, 3.05) is 0 Å². The fraction of sp³-hybridized carbons (Fsp3) is 0.160. The molecule has 0 fully saturated rings. The number of nitrogens with one attached hydrogen (secondary N) is 1. The minimum Gasteiger partial charge on any atom is -0.486 e. The van der Waals surface area contributed by atoms with Crippen LogP contribution in [0.1, 0.15) is 40.4 Å².